The number of benzene rings is 1. The number of ether oxygens (including phenoxy) is 1. The highest BCUT2D eigenvalue weighted by molar-refractivity contribution is 5.80. The molecule has 170 valence electrons. The zero-order chi connectivity index (χ0) is 21.8. The molecule has 2 heterocycles. The summed E-state index contributed by atoms with van der Waals surface area (Å²) in [6.07, 6.45) is 7.46. The van der Waals surface area contributed by atoms with Gasteiger partial charge in [0.25, 0.3) is 0 Å². The second kappa shape index (κ2) is 10.0. The summed E-state index contributed by atoms with van der Waals surface area (Å²) in [6.45, 7) is 3.17. The topological polar surface area (TPSA) is 67.6 Å². The molecule has 4 rings (SSSR count). The molecule has 0 radical (unpaired) electrons. The molecule has 0 bridgehead atoms. The van der Waals surface area contributed by atoms with E-state index in [2.05, 4.69) is 15.4 Å². The Labute approximate surface area is 181 Å². The molecule has 1 saturated heterocycles. The molecule has 1 aliphatic heterocycles. The third-order valence-corrected chi connectivity index (χ3v) is 6.86. The fourth-order valence-corrected chi connectivity index (χ4v) is 5.04. The zero-order valence-corrected chi connectivity index (χ0v) is 18.0. The summed E-state index contributed by atoms with van der Waals surface area (Å²) in [6, 6.07) is 2.57. The average Bonchev–Trinajstić information content (AvgIpc) is 3.16. The van der Waals surface area contributed by atoms with E-state index in [1.807, 2.05) is 0 Å². The molecule has 8 heteroatoms. The van der Waals surface area contributed by atoms with Gasteiger partial charge in [0.15, 0.2) is 17.2 Å². The molecule has 1 aliphatic carbocycles. The van der Waals surface area contributed by atoms with E-state index in [0.29, 0.717) is 16.9 Å². The van der Waals surface area contributed by atoms with Gasteiger partial charge in [-0.25, -0.2) is 8.78 Å². The quantitative estimate of drug-likeness (QED) is 0.712. The molecule has 1 saturated carbocycles. The van der Waals surface area contributed by atoms with Crippen molar-refractivity contribution in [2.24, 2.45) is 5.92 Å². The predicted octanol–water partition coefficient (Wildman–Crippen LogP) is 4.00. The molecule has 31 heavy (non-hydrogen) atoms. The van der Waals surface area contributed by atoms with Crippen LogP contribution >= 0.6 is 0 Å². The fourth-order valence-electron chi connectivity index (χ4n) is 5.04. The maximum absolute atomic E-state index is 13.7. The summed E-state index contributed by atoms with van der Waals surface area (Å²) < 4.78 is 37.2. The summed E-state index contributed by atoms with van der Waals surface area (Å²) in [5.74, 6) is -0.862. The SMILES string of the molecule is COCC(=O)N[C@H]1CC[C@H](CCN2CCC(c3noc4cc(F)c(F)cc34)CC2)CC1. The summed E-state index contributed by atoms with van der Waals surface area (Å²) in [7, 11) is 1.54. The van der Waals surface area contributed by atoms with Crippen LogP contribution < -0.4 is 5.32 Å². The molecule has 1 N–H and O–H groups in total. The highest BCUT2D eigenvalue weighted by atomic mass is 19.2. The van der Waals surface area contributed by atoms with Gasteiger partial charge >= 0.3 is 0 Å². The number of nitrogens with zero attached hydrogens (tertiary/aromatic N) is 2. The van der Waals surface area contributed by atoms with E-state index in [9.17, 15) is 13.6 Å². The van der Waals surface area contributed by atoms with E-state index in [0.717, 1.165) is 69.9 Å². The number of fused-ring (bicyclic) bond motifs is 1. The lowest BCUT2D eigenvalue weighted by Gasteiger charge is -2.34. The normalized spacial score (nSPS) is 23.3. The molecule has 0 spiro atoms. The number of nitrogens with one attached hydrogen (secondary N) is 1. The van der Waals surface area contributed by atoms with Crippen molar-refractivity contribution in [2.45, 2.75) is 56.9 Å². The molecule has 2 aromatic rings. The molecule has 0 atom stereocenters. The van der Waals surface area contributed by atoms with Gasteiger partial charge in [-0.05, 0) is 76.6 Å². The van der Waals surface area contributed by atoms with Crippen LogP contribution in [0, 0.1) is 17.6 Å². The summed E-state index contributed by atoms with van der Waals surface area (Å²) in [5.41, 5.74) is 1.06. The van der Waals surface area contributed by atoms with Crippen molar-refractivity contribution in [3.8, 4) is 0 Å². The van der Waals surface area contributed by atoms with Gasteiger partial charge in [0.05, 0.1) is 5.69 Å². The van der Waals surface area contributed by atoms with Crippen molar-refractivity contribution < 1.29 is 22.8 Å². The lowest BCUT2D eigenvalue weighted by molar-refractivity contribution is -0.125. The number of amides is 1. The van der Waals surface area contributed by atoms with Crippen LogP contribution in [0.3, 0.4) is 0 Å². The van der Waals surface area contributed by atoms with Crippen LogP contribution in [0.25, 0.3) is 11.0 Å². The Morgan fingerprint density at radius 2 is 1.87 bits per heavy atom. The van der Waals surface area contributed by atoms with E-state index in [4.69, 9.17) is 9.26 Å². The Balaban J connectivity index is 1.20. The first-order valence-electron chi connectivity index (χ1n) is 11.3. The third-order valence-electron chi connectivity index (χ3n) is 6.86. The lowest BCUT2D eigenvalue weighted by Crippen LogP contribution is -2.40. The monoisotopic (exact) mass is 435 g/mol. The number of aromatic nitrogens is 1. The first-order chi connectivity index (χ1) is 15.0. The third kappa shape index (κ3) is 5.41. The van der Waals surface area contributed by atoms with E-state index in [1.165, 1.54) is 19.6 Å². The van der Waals surface area contributed by atoms with Gasteiger partial charge in [-0.15, -0.1) is 0 Å². The summed E-state index contributed by atoms with van der Waals surface area (Å²) >= 11 is 0. The van der Waals surface area contributed by atoms with Gasteiger partial charge in [-0.3, -0.25) is 4.79 Å². The molecule has 0 unspecified atom stereocenters. The molecule has 2 fully saturated rings. The van der Waals surface area contributed by atoms with Crippen molar-refractivity contribution in [2.75, 3.05) is 33.4 Å². The van der Waals surface area contributed by atoms with E-state index in [1.54, 1.807) is 0 Å². The second-order valence-electron chi connectivity index (χ2n) is 8.95. The van der Waals surface area contributed by atoms with Gasteiger partial charge in [0.1, 0.15) is 6.61 Å². The van der Waals surface area contributed by atoms with Crippen LogP contribution in [0.15, 0.2) is 16.7 Å². The molecule has 2 aliphatic rings. The second-order valence-corrected chi connectivity index (χ2v) is 8.95. The average molecular weight is 436 g/mol. The number of methoxy groups -OCH3 is 1. The van der Waals surface area contributed by atoms with Crippen LogP contribution in [-0.4, -0.2) is 55.4 Å². The Morgan fingerprint density at radius 3 is 2.58 bits per heavy atom. The number of rotatable bonds is 7. The van der Waals surface area contributed by atoms with E-state index >= 15 is 0 Å². The Kier molecular flexibility index (Phi) is 7.17. The molecule has 1 amide bonds. The van der Waals surface area contributed by atoms with Crippen LogP contribution in [0.4, 0.5) is 8.78 Å². The Hall–Kier alpha value is -2.06. The standard InChI is InChI=1S/C23H31F2N3O3/c1-30-14-22(29)26-17-4-2-15(3-5-17)6-9-28-10-7-16(8-11-28)23-18-12-19(24)20(25)13-21(18)31-27-23/h12-13,15-17H,2-11,14H2,1H3,(H,26,29)/t15-,17-. The van der Waals surface area contributed by atoms with E-state index in [-0.39, 0.29) is 24.5 Å². The minimum absolute atomic E-state index is 0.0263. The Morgan fingerprint density at radius 1 is 1.16 bits per heavy atom. The van der Waals surface area contributed by atoms with Crippen molar-refractivity contribution in [3.05, 3.63) is 29.5 Å². The van der Waals surface area contributed by atoms with Crippen molar-refractivity contribution in [1.29, 1.82) is 0 Å². The first kappa shape index (κ1) is 22.1. The maximum Gasteiger partial charge on any atom is 0.246 e. The van der Waals surface area contributed by atoms with Crippen molar-refractivity contribution in [1.82, 2.24) is 15.4 Å². The van der Waals surface area contributed by atoms with Crippen LogP contribution in [-0.2, 0) is 9.53 Å². The van der Waals surface area contributed by atoms with Gasteiger partial charge in [0, 0.05) is 30.5 Å². The van der Waals surface area contributed by atoms with Crippen LogP contribution in [0.5, 0.6) is 0 Å². The molecular weight excluding hydrogens is 404 g/mol. The zero-order valence-electron chi connectivity index (χ0n) is 18.0. The molecule has 6 nitrogen and oxygen atoms in total. The highest BCUT2D eigenvalue weighted by Crippen LogP contribution is 2.34. The summed E-state index contributed by atoms with van der Waals surface area (Å²) in [4.78, 5) is 14.1. The molecular formula is C23H31F2N3O3. The van der Waals surface area contributed by atoms with Gasteiger partial charge in [0.2, 0.25) is 5.91 Å². The first-order valence-corrected chi connectivity index (χ1v) is 11.3. The number of carbonyl (C=O) groups is 1. The van der Waals surface area contributed by atoms with Gasteiger partial charge in [-0.2, -0.15) is 0 Å². The minimum atomic E-state index is -0.906. The lowest BCUT2D eigenvalue weighted by atomic mass is 9.83. The van der Waals surface area contributed by atoms with Crippen molar-refractivity contribution in [3.63, 3.8) is 0 Å². The highest BCUT2D eigenvalue weighted by Gasteiger charge is 2.27. The van der Waals surface area contributed by atoms with Gasteiger partial charge < -0.3 is 19.5 Å². The molecule has 1 aromatic heterocycles. The number of piperidine rings is 1. The maximum atomic E-state index is 13.7. The van der Waals surface area contributed by atoms with Crippen molar-refractivity contribution >= 4 is 16.9 Å². The van der Waals surface area contributed by atoms with Crippen LogP contribution in [0.1, 0.15) is 56.6 Å². The fraction of sp³-hybridized carbons (Fsp3) is 0.652. The number of carbonyl (C=O) groups excluding carboxylic acids is 1. The summed E-state index contributed by atoms with van der Waals surface area (Å²) in [5, 5.41) is 7.76. The van der Waals surface area contributed by atoms with E-state index < -0.39 is 11.6 Å². The van der Waals surface area contributed by atoms with Crippen LogP contribution in [0.2, 0.25) is 0 Å². The molecule has 1 aromatic carbocycles. The number of likely N-dealkylation sites (tertiary alicyclic amines) is 1. The number of hydrogen-bond acceptors (Lipinski definition) is 5. The Bertz CT molecular complexity index is 888. The predicted molar refractivity (Wildman–Crippen MR) is 113 cm³/mol. The largest absolute Gasteiger partial charge is 0.375 e. The smallest absolute Gasteiger partial charge is 0.246 e. The minimum Gasteiger partial charge on any atom is -0.375 e. The number of halogens is 2. The van der Waals surface area contributed by atoms with Gasteiger partial charge in [-0.1, -0.05) is 5.16 Å². The number of hydrogen-bond donors (Lipinski definition) is 1.